The van der Waals surface area contributed by atoms with Gasteiger partial charge in [0.15, 0.2) is 0 Å². The molecule has 0 aliphatic heterocycles. The van der Waals surface area contributed by atoms with E-state index >= 15 is 0 Å². The van der Waals surface area contributed by atoms with Crippen LogP contribution in [-0.2, 0) is 166 Å². The summed E-state index contributed by atoms with van der Waals surface area (Å²) in [5.41, 5.74) is 0. The fourth-order valence-electron chi connectivity index (χ4n) is 6.80. The SMILES string of the molecule is [C-]#[O+].[C-]#[O+].[C-]#[O+].[C-]#[O+].[C-]#[O+].[C-]#[O+].[C-]#[O+].[C-]#[O+].[C-]#[O+].[C-]#[O+].[C-]#[O+].[C-]#[O+].[C-]#[O+].[C-]#[O+].[CH2-]C#CC#CC#CC#CC#CC#CC#C[CH2-].[Co].[Co].[Co].[Co].[Co].[Co].c1ccc(P(CP(c2ccccc2)c2ccccc2)c2ccccc2)cc1.c1ccc(P(CP(c2ccccc2)c2ccccc2)c2ccccc2)cc1. The number of rotatable bonds is 12. The molecule has 0 atom stereocenters. The van der Waals surface area contributed by atoms with E-state index in [9.17, 15) is 0 Å². The van der Waals surface area contributed by atoms with Crippen molar-refractivity contribution in [2.75, 3.05) is 11.8 Å². The molecule has 6 radical (unpaired) electrons. The second kappa shape index (κ2) is 119. The van der Waals surface area contributed by atoms with E-state index in [0.29, 0.717) is 0 Å². The molecule has 0 fully saturated rings. The van der Waals surface area contributed by atoms with Gasteiger partial charge >= 0.3 is 158 Å². The topological polar surface area (TPSA) is 279 Å². The third-order valence-electron chi connectivity index (χ3n) is 9.97. The Hall–Kier alpha value is -8.46. The fraction of sp³-hybridized carbons (Fsp3) is 0.0250. The average Bonchev–Trinajstić information content (AvgIpc) is 0.825. The van der Waals surface area contributed by atoms with Gasteiger partial charge in [0, 0.05) is 112 Å². The molecule has 0 amide bonds. The van der Waals surface area contributed by atoms with E-state index in [4.69, 9.17) is 65.1 Å². The molecule has 0 spiro atoms. The molecule has 104 heavy (non-hydrogen) atoms. The molecule has 0 saturated carbocycles. The van der Waals surface area contributed by atoms with Gasteiger partial charge in [0.2, 0.25) is 0 Å². The van der Waals surface area contributed by atoms with Crippen molar-refractivity contribution in [3.63, 3.8) is 0 Å². The second-order valence-corrected chi connectivity index (χ2v) is 24.4. The number of hydrogen-bond acceptors (Lipinski definition) is 0. The minimum atomic E-state index is -0.409. The van der Waals surface area contributed by atoms with Crippen LogP contribution in [0.25, 0.3) is 0 Å². The molecule has 8 aromatic carbocycles. The molecule has 528 valence electrons. The average molecular weight is 1710 g/mol. The van der Waals surface area contributed by atoms with Crippen LogP contribution in [0.4, 0.5) is 0 Å². The van der Waals surface area contributed by atoms with E-state index in [2.05, 4.69) is 432 Å². The third-order valence-corrected chi connectivity index (χ3v) is 21.9. The van der Waals surface area contributed by atoms with Crippen molar-refractivity contribution in [1.29, 1.82) is 0 Å². The standard InChI is InChI=1S/2C25H22P2.C16H4.14CO.6Co/c2*1-5-13-22(14-6-1)26(23-15-7-2-8-16-23)21-27(24-17-9-3-10-18-24)25-19-11-4-12-20-25;1-3-5-7-9-11-13-15-16-14-12-10-8-6-4-2;14*1-2;;;;;;/h2*1-20H,21H2;1-2H2;;;;;;;;;;;;;;;;;;;;/q;;-2;;;;;;;;;;;;;;;;;;;;. The van der Waals surface area contributed by atoms with E-state index in [-0.39, 0.29) is 101 Å². The van der Waals surface area contributed by atoms with Gasteiger partial charge in [0.1, 0.15) is 0 Å². The first-order chi connectivity index (χ1) is 48.7. The van der Waals surface area contributed by atoms with Crippen LogP contribution in [0.2, 0.25) is 0 Å². The largest absolute Gasteiger partial charge is 0.284 e. The summed E-state index contributed by atoms with van der Waals surface area (Å²) in [4.78, 5) is 0. The first-order valence-corrected chi connectivity index (χ1v) is 31.3. The molecule has 0 N–H and O–H groups in total. The molecule has 14 nitrogen and oxygen atoms in total. The molecule has 8 aromatic rings. The van der Waals surface area contributed by atoms with Gasteiger partial charge in [0.25, 0.3) is 0 Å². The fourth-order valence-corrected chi connectivity index (χ4v) is 19.7. The maximum Gasteiger partial charge on any atom is 0.00405 e. The summed E-state index contributed by atoms with van der Waals surface area (Å²) in [5.74, 6) is 36.8. The molecule has 0 heterocycles. The molecule has 0 aliphatic carbocycles. The van der Waals surface area contributed by atoms with Gasteiger partial charge in [-0.25, -0.2) is 11.8 Å². The van der Waals surface area contributed by atoms with Crippen LogP contribution < -0.4 is 42.4 Å². The van der Waals surface area contributed by atoms with E-state index in [1.54, 1.807) is 0 Å². The molecular formula is C80H48Co6O14P4-2. The maximum atomic E-state index is 7.50. The monoisotopic (exact) mass is 1710 g/mol. The van der Waals surface area contributed by atoms with Crippen molar-refractivity contribution < 1.29 is 166 Å². The summed E-state index contributed by atoms with van der Waals surface area (Å²) in [6, 6.07) is 88.3. The van der Waals surface area contributed by atoms with E-state index in [1.807, 2.05) is 0 Å². The van der Waals surface area contributed by atoms with Crippen molar-refractivity contribution in [3.05, 3.63) is 350 Å². The van der Waals surface area contributed by atoms with Crippen LogP contribution in [0.1, 0.15) is 0 Å². The van der Waals surface area contributed by atoms with Crippen molar-refractivity contribution in [2.45, 2.75) is 0 Å². The first-order valence-electron chi connectivity index (χ1n) is 25.2. The van der Waals surface area contributed by atoms with Crippen molar-refractivity contribution in [2.24, 2.45) is 0 Å². The molecule has 0 unspecified atom stereocenters. The second-order valence-electron chi connectivity index (χ2n) is 14.5. The van der Waals surface area contributed by atoms with Crippen molar-refractivity contribution >= 4 is 74.1 Å². The summed E-state index contributed by atoms with van der Waals surface area (Å²) >= 11 is 0. The van der Waals surface area contributed by atoms with Gasteiger partial charge in [-0.3, -0.25) is 11.8 Å². The normalized spacial score (nSPS) is 6.58. The molecule has 0 aromatic heterocycles. The Morgan fingerprint density at radius 2 is 0.260 bits per heavy atom. The van der Waals surface area contributed by atoms with Gasteiger partial charge in [-0.2, -0.15) is 13.8 Å². The molecule has 8 rings (SSSR count). The summed E-state index contributed by atoms with van der Waals surface area (Å²) in [6.45, 7) is 69.6. The van der Waals surface area contributed by atoms with Gasteiger partial charge < -0.3 is 0 Å². The Labute approximate surface area is 678 Å². The zero-order chi connectivity index (χ0) is 76.5. The Morgan fingerprint density at radius 3 is 0.346 bits per heavy atom. The van der Waals surface area contributed by atoms with Crippen LogP contribution in [0.15, 0.2) is 243 Å². The van der Waals surface area contributed by atoms with Crippen LogP contribution in [-0.4, -0.2) is 11.8 Å². The number of benzene rings is 8. The molecule has 0 bridgehead atoms. The summed E-state index contributed by atoms with van der Waals surface area (Å²) in [5, 5.41) is 11.7. The third kappa shape index (κ3) is 68.0. The summed E-state index contributed by atoms with van der Waals surface area (Å²) < 4.78 is 105. The van der Waals surface area contributed by atoms with Crippen LogP contribution >= 0.6 is 31.7 Å². The van der Waals surface area contributed by atoms with Crippen molar-refractivity contribution in [1.82, 2.24) is 0 Å². The summed E-state index contributed by atoms with van der Waals surface area (Å²) in [7, 11) is -1.63. The zero-order valence-corrected chi connectivity index (χ0v) is 63.3. The van der Waals surface area contributed by atoms with Crippen molar-refractivity contribution in [3.8, 4) is 82.9 Å². The minimum absolute atomic E-state index is 0. The maximum absolute atomic E-state index is 7.50. The van der Waals surface area contributed by atoms with Gasteiger partial charge in [-0.05, 0) is 121 Å². The minimum Gasteiger partial charge on any atom is -0.284 e. The Balaban J connectivity index is -0.0000000744. The van der Waals surface area contributed by atoms with Gasteiger partial charge in [-0.15, -0.1) is 11.8 Å². The smallest absolute Gasteiger partial charge is 0.00405 e. The van der Waals surface area contributed by atoms with E-state index in [1.165, 1.54) is 54.2 Å². The first kappa shape index (κ1) is 132. The molecule has 0 aliphatic rings. The quantitative estimate of drug-likeness (QED) is 0.0478. The Kier molecular flexibility index (Phi) is 150. The Morgan fingerprint density at radius 1 is 0.173 bits per heavy atom. The van der Waals surface area contributed by atoms with Crippen LogP contribution in [0, 0.1) is 190 Å². The zero-order valence-electron chi connectivity index (χ0n) is 53.4. The molecule has 0 saturated heterocycles. The van der Waals surface area contributed by atoms with E-state index in [0.717, 1.165) is 0 Å². The molecule has 24 heteroatoms. The Bertz CT molecular complexity index is 3360. The van der Waals surface area contributed by atoms with Crippen LogP contribution in [0.3, 0.4) is 0 Å². The van der Waals surface area contributed by atoms with Gasteiger partial charge in [0.05, 0.1) is 0 Å². The molecular weight excluding hydrogens is 1660 g/mol. The number of hydrogen-bond donors (Lipinski definition) is 0. The predicted octanol–water partition coefficient (Wildman–Crippen LogP) is 10.6. The van der Waals surface area contributed by atoms with Crippen LogP contribution in [0.5, 0.6) is 0 Å². The van der Waals surface area contributed by atoms with Gasteiger partial charge in [-0.1, -0.05) is 243 Å². The summed E-state index contributed by atoms with van der Waals surface area (Å²) in [6.07, 6.45) is 0. The predicted molar refractivity (Wildman–Crippen MR) is 366 cm³/mol. The van der Waals surface area contributed by atoms with E-state index < -0.39 is 31.7 Å².